The van der Waals surface area contributed by atoms with Crippen molar-refractivity contribution < 1.29 is 19.5 Å². The zero-order valence-electron chi connectivity index (χ0n) is 14.4. The van der Waals surface area contributed by atoms with Gasteiger partial charge in [-0.1, -0.05) is 6.07 Å². The molecule has 0 bridgehead atoms. The number of nitrogens with zero attached hydrogens (tertiary/aromatic N) is 1. The summed E-state index contributed by atoms with van der Waals surface area (Å²) in [5.74, 6) is -1.13. The Labute approximate surface area is 151 Å². The highest BCUT2D eigenvalue weighted by molar-refractivity contribution is 7.98. The lowest BCUT2D eigenvalue weighted by Gasteiger charge is -2.22. The maximum absolute atomic E-state index is 12.0. The molecular formula is C17H23N3O4S. The molecule has 1 aromatic rings. The lowest BCUT2D eigenvalue weighted by atomic mass is 10.1. The van der Waals surface area contributed by atoms with E-state index in [1.165, 1.54) is 11.8 Å². The fourth-order valence-corrected chi connectivity index (χ4v) is 3.30. The highest BCUT2D eigenvalue weighted by atomic mass is 32.2. The van der Waals surface area contributed by atoms with Crippen LogP contribution < -0.4 is 15.5 Å². The monoisotopic (exact) mass is 365 g/mol. The van der Waals surface area contributed by atoms with Gasteiger partial charge < -0.3 is 20.6 Å². The van der Waals surface area contributed by atoms with Gasteiger partial charge in [-0.3, -0.25) is 14.4 Å². The van der Waals surface area contributed by atoms with E-state index in [9.17, 15) is 19.5 Å². The second kappa shape index (κ2) is 8.35. The van der Waals surface area contributed by atoms with Gasteiger partial charge in [0.05, 0.1) is 5.60 Å². The van der Waals surface area contributed by atoms with Gasteiger partial charge in [0.2, 0.25) is 5.91 Å². The zero-order chi connectivity index (χ0) is 18.4. The molecule has 0 aliphatic carbocycles. The topological polar surface area (TPSA) is 98.7 Å². The second-order valence-corrected chi connectivity index (χ2v) is 7.13. The first-order valence-corrected chi connectivity index (χ1v) is 9.43. The maximum atomic E-state index is 12.0. The SMILES string of the molecule is CSCC(C)(O)CNC(=O)C(=O)Nc1cccc(N2CCCC2=O)c1. The van der Waals surface area contributed by atoms with Crippen molar-refractivity contribution in [2.24, 2.45) is 0 Å². The van der Waals surface area contributed by atoms with Crippen molar-refractivity contribution >= 4 is 40.9 Å². The van der Waals surface area contributed by atoms with Gasteiger partial charge in [-0.15, -0.1) is 0 Å². The van der Waals surface area contributed by atoms with Crippen LogP contribution in [0.25, 0.3) is 0 Å². The van der Waals surface area contributed by atoms with Crippen molar-refractivity contribution in [2.45, 2.75) is 25.4 Å². The van der Waals surface area contributed by atoms with Crippen molar-refractivity contribution in [3.8, 4) is 0 Å². The first kappa shape index (κ1) is 19.3. The molecule has 1 aromatic carbocycles. The van der Waals surface area contributed by atoms with Crippen molar-refractivity contribution in [1.82, 2.24) is 5.32 Å². The Hall–Kier alpha value is -2.06. The van der Waals surface area contributed by atoms with Gasteiger partial charge >= 0.3 is 11.8 Å². The molecule has 0 aromatic heterocycles. The maximum Gasteiger partial charge on any atom is 0.313 e. The van der Waals surface area contributed by atoms with E-state index in [1.807, 2.05) is 6.26 Å². The molecule has 1 aliphatic heterocycles. The molecule has 2 rings (SSSR count). The third kappa shape index (κ3) is 5.47. The van der Waals surface area contributed by atoms with Gasteiger partial charge in [0, 0.05) is 36.6 Å². The molecule has 1 heterocycles. The largest absolute Gasteiger partial charge is 0.387 e. The van der Waals surface area contributed by atoms with E-state index in [-0.39, 0.29) is 12.5 Å². The van der Waals surface area contributed by atoms with Gasteiger partial charge in [0.15, 0.2) is 0 Å². The Balaban J connectivity index is 1.94. The van der Waals surface area contributed by atoms with E-state index in [1.54, 1.807) is 36.1 Å². The van der Waals surface area contributed by atoms with E-state index in [0.29, 0.717) is 30.1 Å². The molecular weight excluding hydrogens is 342 g/mol. The normalized spacial score (nSPS) is 16.4. The number of thioether (sulfide) groups is 1. The van der Waals surface area contributed by atoms with Crippen LogP contribution in [0, 0.1) is 0 Å². The van der Waals surface area contributed by atoms with Gasteiger partial charge in [0.25, 0.3) is 0 Å². The molecule has 1 atom stereocenters. The number of anilines is 2. The second-order valence-electron chi connectivity index (χ2n) is 6.27. The molecule has 0 radical (unpaired) electrons. The fraction of sp³-hybridized carbons (Fsp3) is 0.471. The van der Waals surface area contributed by atoms with Crippen LogP contribution in [0.15, 0.2) is 24.3 Å². The Bertz CT molecular complexity index is 663. The van der Waals surface area contributed by atoms with Crippen molar-refractivity contribution in [3.63, 3.8) is 0 Å². The van der Waals surface area contributed by atoms with E-state index in [0.717, 1.165) is 6.42 Å². The summed E-state index contributed by atoms with van der Waals surface area (Å²) in [6, 6.07) is 6.83. The van der Waals surface area contributed by atoms with Gasteiger partial charge in [0.1, 0.15) is 0 Å². The molecule has 0 saturated carbocycles. The summed E-state index contributed by atoms with van der Waals surface area (Å²) >= 11 is 1.45. The molecule has 1 aliphatic rings. The summed E-state index contributed by atoms with van der Waals surface area (Å²) in [4.78, 5) is 37.3. The Morgan fingerprint density at radius 3 is 2.76 bits per heavy atom. The molecule has 136 valence electrons. The number of amides is 3. The van der Waals surface area contributed by atoms with Crippen molar-refractivity contribution in [1.29, 1.82) is 0 Å². The van der Waals surface area contributed by atoms with Crippen molar-refractivity contribution in [2.75, 3.05) is 35.3 Å². The molecule has 0 spiro atoms. The van der Waals surface area contributed by atoms with Crippen LogP contribution >= 0.6 is 11.8 Å². The minimum Gasteiger partial charge on any atom is -0.387 e. The Kier molecular flexibility index (Phi) is 6.44. The Morgan fingerprint density at radius 2 is 2.12 bits per heavy atom. The first-order chi connectivity index (χ1) is 11.8. The number of hydrogen-bond acceptors (Lipinski definition) is 5. The molecule has 1 unspecified atom stereocenters. The predicted octanol–water partition coefficient (Wildman–Crippen LogP) is 0.982. The summed E-state index contributed by atoms with van der Waals surface area (Å²) in [6.07, 6.45) is 3.18. The fourth-order valence-electron chi connectivity index (χ4n) is 2.57. The lowest BCUT2D eigenvalue weighted by Crippen LogP contribution is -2.45. The highest BCUT2D eigenvalue weighted by Crippen LogP contribution is 2.24. The van der Waals surface area contributed by atoms with Crippen LogP contribution in [0.2, 0.25) is 0 Å². The van der Waals surface area contributed by atoms with Gasteiger partial charge in [-0.25, -0.2) is 0 Å². The standard InChI is InChI=1S/C17H23N3O4S/c1-17(24,11-25-2)10-18-15(22)16(23)19-12-5-3-6-13(9-12)20-8-4-7-14(20)21/h3,5-6,9,24H,4,7-8,10-11H2,1-2H3,(H,18,22)(H,19,23). The predicted molar refractivity (Wildman–Crippen MR) is 98.7 cm³/mol. The minimum atomic E-state index is -1.08. The molecule has 1 fully saturated rings. The highest BCUT2D eigenvalue weighted by Gasteiger charge is 2.24. The van der Waals surface area contributed by atoms with Gasteiger partial charge in [-0.05, 0) is 37.8 Å². The summed E-state index contributed by atoms with van der Waals surface area (Å²) in [5, 5.41) is 15.0. The Morgan fingerprint density at radius 1 is 1.36 bits per heavy atom. The molecule has 1 saturated heterocycles. The van der Waals surface area contributed by atoms with Crippen LogP contribution in [0.5, 0.6) is 0 Å². The van der Waals surface area contributed by atoms with Crippen LogP contribution in [-0.4, -0.2) is 53.5 Å². The number of hydrogen-bond donors (Lipinski definition) is 3. The number of carbonyl (C=O) groups excluding carboxylic acids is 3. The summed E-state index contributed by atoms with van der Waals surface area (Å²) in [7, 11) is 0. The zero-order valence-corrected chi connectivity index (χ0v) is 15.2. The molecule has 8 heteroatoms. The van der Waals surface area contributed by atoms with Crippen LogP contribution in [-0.2, 0) is 14.4 Å². The number of benzene rings is 1. The summed E-state index contributed by atoms with van der Waals surface area (Å²) in [5.41, 5.74) is 0.0580. The average Bonchev–Trinajstić information content (AvgIpc) is 2.99. The van der Waals surface area contributed by atoms with Crippen LogP contribution in [0.4, 0.5) is 11.4 Å². The van der Waals surface area contributed by atoms with Gasteiger partial charge in [-0.2, -0.15) is 11.8 Å². The summed E-state index contributed by atoms with van der Waals surface area (Å²) in [6.45, 7) is 2.24. The average molecular weight is 365 g/mol. The number of nitrogens with one attached hydrogen (secondary N) is 2. The molecule has 3 N–H and O–H groups in total. The molecule has 3 amide bonds. The van der Waals surface area contributed by atoms with E-state index < -0.39 is 17.4 Å². The van der Waals surface area contributed by atoms with E-state index in [4.69, 9.17) is 0 Å². The third-order valence-corrected chi connectivity index (χ3v) is 4.69. The molecule has 25 heavy (non-hydrogen) atoms. The lowest BCUT2D eigenvalue weighted by molar-refractivity contribution is -0.136. The van der Waals surface area contributed by atoms with E-state index >= 15 is 0 Å². The smallest absolute Gasteiger partial charge is 0.313 e. The third-order valence-electron chi connectivity index (χ3n) is 3.78. The van der Waals surface area contributed by atoms with E-state index in [2.05, 4.69) is 10.6 Å². The van der Waals surface area contributed by atoms with Crippen LogP contribution in [0.1, 0.15) is 19.8 Å². The number of carbonyl (C=O) groups is 3. The minimum absolute atomic E-state index is 0.0115. The number of aliphatic hydroxyl groups is 1. The quantitative estimate of drug-likeness (QED) is 0.653. The number of rotatable bonds is 6. The molecule has 7 nitrogen and oxygen atoms in total. The summed E-state index contributed by atoms with van der Waals surface area (Å²) < 4.78 is 0. The van der Waals surface area contributed by atoms with Crippen molar-refractivity contribution in [3.05, 3.63) is 24.3 Å². The van der Waals surface area contributed by atoms with Crippen LogP contribution in [0.3, 0.4) is 0 Å². The first-order valence-electron chi connectivity index (χ1n) is 8.03.